The van der Waals surface area contributed by atoms with E-state index in [-0.39, 0.29) is 6.23 Å². The number of hydrogen-bond donors (Lipinski definition) is 1. The number of hydrogen-bond acceptors (Lipinski definition) is 3. The Bertz CT molecular complexity index is 106. The molecular formula is C8H17NO2. The molecular weight excluding hydrogens is 142 g/mol. The highest BCUT2D eigenvalue weighted by Gasteiger charge is 2.07. The Morgan fingerprint density at radius 3 is 2.45 bits per heavy atom. The molecule has 0 fully saturated rings. The van der Waals surface area contributed by atoms with Gasteiger partial charge in [-0.2, -0.15) is 0 Å². The first-order chi connectivity index (χ1) is 5.24. The van der Waals surface area contributed by atoms with E-state index in [4.69, 9.17) is 4.74 Å². The number of ether oxygens (including phenoxy) is 1. The summed E-state index contributed by atoms with van der Waals surface area (Å²) in [5, 5.41) is 3.16. The van der Waals surface area contributed by atoms with Crippen LogP contribution >= 0.6 is 0 Å². The molecule has 0 saturated carbocycles. The number of carbonyl (C=O) groups excluding carboxylic acids is 1. The molecule has 11 heavy (non-hydrogen) atoms. The summed E-state index contributed by atoms with van der Waals surface area (Å²) in [4.78, 5) is 9.98. The molecule has 3 nitrogen and oxygen atoms in total. The normalized spacial score (nSPS) is 15.5. The predicted molar refractivity (Wildman–Crippen MR) is 44.1 cm³/mol. The molecule has 0 amide bonds. The highest BCUT2D eigenvalue weighted by Crippen LogP contribution is 1.96. The van der Waals surface area contributed by atoms with Gasteiger partial charge in [-0.25, -0.2) is 0 Å². The second-order valence-electron chi connectivity index (χ2n) is 2.61. The van der Waals surface area contributed by atoms with Crippen LogP contribution in [-0.2, 0) is 9.53 Å². The summed E-state index contributed by atoms with van der Waals surface area (Å²) < 4.78 is 4.77. The minimum absolute atomic E-state index is 0.123. The maximum Gasteiger partial charge on any atom is 0.294 e. The van der Waals surface area contributed by atoms with Crippen LogP contribution in [0.4, 0.5) is 0 Å². The lowest BCUT2D eigenvalue weighted by atomic mass is 10.2. The fourth-order valence-electron chi connectivity index (χ4n) is 0.756. The maximum atomic E-state index is 9.98. The van der Waals surface area contributed by atoms with Crippen molar-refractivity contribution in [2.45, 2.75) is 45.9 Å². The summed E-state index contributed by atoms with van der Waals surface area (Å²) in [6, 6.07) is 0.403. The Hall–Kier alpha value is -0.570. The zero-order valence-electron chi connectivity index (χ0n) is 7.46. The zero-order chi connectivity index (χ0) is 8.69. The van der Waals surface area contributed by atoms with Crippen molar-refractivity contribution in [3.05, 3.63) is 0 Å². The van der Waals surface area contributed by atoms with Gasteiger partial charge in [0.1, 0.15) is 0 Å². The molecule has 0 aromatic carbocycles. The molecule has 2 atom stereocenters. The molecule has 0 aromatic heterocycles. The Balaban J connectivity index is 3.57. The van der Waals surface area contributed by atoms with Gasteiger partial charge in [0.15, 0.2) is 6.23 Å². The van der Waals surface area contributed by atoms with E-state index in [0.29, 0.717) is 12.5 Å². The lowest BCUT2D eigenvalue weighted by Gasteiger charge is -2.19. The van der Waals surface area contributed by atoms with Gasteiger partial charge < -0.3 is 4.74 Å². The van der Waals surface area contributed by atoms with E-state index in [9.17, 15) is 4.79 Å². The molecule has 0 rings (SSSR count). The van der Waals surface area contributed by atoms with Crippen LogP contribution < -0.4 is 5.32 Å². The molecule has 0 saturated heterocycles. The van der Waals surface area contributed by atoms with Gasteiger partial charge in [-0.05, 0) is 19.8 Å². The molecule has 3 heteroatoms. The van der Waals surface area contributed by atoms with Crippen molar-refractivity contribution in [2.75, 3.05) is 0 Å². The third kappa shape index (κ3) is 4.79. The van der Waals surface area contributed by atoms with Crippen molar-refractivity contribution >= 4 is 6.47 Å². The average molecular weight is 159 g/mol. The smallest absolute Gasteiger partial charge is 0.294 e. The standard InChI is InChI=1S/C8H17NO2/c1-4-7(3)9-8(5-2)11-6-10/h6-9H,4-5H2,1-3H3. The summed E-state index contributed by atoms with van der Waals surface area (Å²) in [6.45, 7) is 6.62. The topological polar surface area (TPSA) is 38.3 Å². The highest BCUT2D eigenvalue weighted by molar-refractivity contribution is 5.37. The van der Waals surface area contributed by atoms with E-state index in [1.54, 1.807) is 0 Å². The third-order valence-electron chi connectivity index (χ3n) is 1.67. The summed E-state index contributed by atoms with van der Waals surface area (Å²) in [7, 11) is 0. The molecule has 0 aromatic rings. The summed E-state index contributed by atoms with van der Waals surface area (Å²) in [5.41, 5.74) is 0. The van der Waals surface area contributed by atoms with E-state index in [2.05, 4.69) is 19.2 Å². The molecule has 1 N–H and O–H groups in total. The summed E-state index contributed by atoms with van der Waals surface area (Å²) >= 11 is 0. The third-order valence-corrected chi connectivity index (χ3v) is 1.67. The van der Waals surface area contributed by atoms with Crippen molar-refractivity contribution in [1.82, 2.24) is 5.32 Å². The van der Waals surface area contributed by atoms with Crippen LogP contribution in [0, 0.1) is 0 Å². The monoisotopic (exact) mass is 159 g/mol. The first kappa shape index (κ1) is 10.4. The van der Waals surface area contributed by atoms with Gasteiger partial charge in [-0.15, -0.1) is 0 Å². The molecule has 0 radical (unpaired) electrons. The number of rotatable bonds is 6. The van der Waals surface area contributed by atoms with Gasteiger partial charge in [0.25, 0.3) is 6.47 Å². The van der Waals surface area contributed by atoms with Crippen molar-refractivity contribution in [3.8, 4) is 0 Å². The highest BCUT2D eigenvalue weighted by atomic mass is 16.5. The fourth-order valence-corrected chi connectivity index (χ4v) is 0.756. The SMILES string of the molecule is CCC(C)NC(CC)OC=O. The van der Waals surface area contributed by atoms with E-state index >= 15 is 0 Å². The molecule has 0 spiro atoms. The van der Waals surface area contributed by atoms with E-state index < -0.39 is 0 Å². The largest absolute Gasteiger partial charge is 0.449 e. The lowest BCUT2D eigenvalue weighted by Crippen LogP contribution is -2.37. The van der Waals surface area contributed by atoms with Crippen LogP contribution in [0.25, 0.3) is 0 Å². The Morgan fingerprint density at radius 1 is 1.45 bits per heavy atom. The molecule has 2 unspecified atom stereocenters. The molecule has 0 heterocycles. The van der Waals surface area contributed by atoms with Gasteiger partial charge in [-0.1, -0.05) is 13.8 Å². The molecule has 0 aliphatic carbocycles. The van der Waals surface area contributed by atoms with Gasteiger partial charge in [0.05, 0.1) is 0 Å². The van der Waals surface area contributed by atoms with Crippen LogP contribution in [0.5, 0.6) is 0 Å². The second kappa shape index (κ2) is 6.16. The molecule has 0 aliphatic heterocycles. The molecule has 0 bridgehead atoms. The first-order valence-electron chi connectivity index (χ1n) is 4.09. The second-order valence-corrected chi connectivity index (χ2v) is 2.61. The minimum Gasteiger partial charge on any atom is -0.449 e. The van der Waals surface area contributed by atoms with E-state index in [1.807, 2.05) is 6.92 Å². The van der Waals surface area contributed by atoms with Crippen molar-refractivity contribution in [2.24, 2.45) is 0 Å². The van der Waals surface area contributed by atoms with Gasteiger partial charge in [0, 0.05) is 6.04 Å². The van der Waals surface area contributed by atoms with Crippen LogP contribution in [0.15, 0.2) is 0 Å². The quantitative estimate of drug-likeness (QED) is 0.468. The van der Waals surface area contributed by atoms with Crippen molar-refractivity contribution < 1.29 is 9.53 Å². The minimum atomic E-state index is -0.123. The van der Waals surface area contributed by atoms with Crippen molar-refractivity contribution in [1.29, 1.82) is 0 Å². The number of nitrogens with one attached hydrogen (secondary N) is 1. The van der Waals surface area contributed by atoms with Gasteiger partial charge in [0.2, 0.25) is 0 Å². The molecule has 66 valence electrons. The lowest BCUT2D eigenvalue weighted by molar-refractivity contribution is -0.135. The summed E-state index contributed by atoms with van der Waals surface area (Å²) in [5.74, 6) is 0. The van der Waals surface area contributed by atoms with Gasteiger partial charge >= 0.3 is 0 Å². The van der Waals surface area contributed by atoms with Crippen LogP contribution in [0.2, 0.25) is 0 Å². The Labute approximate surface area is 68.1 Å². The first-order valence-corrected chi connectivity index (χ1v) is 4.09. The zero-order valence-corrected chi connectivity index (χ0v) is 7.46. The van der Waals surface area contributed by atoms with Crippen molar-refractivity contribution in [3.63, 3.8) is 0 Å². The fraction of sp³-hybridized carbons (Fsp3) is 0.875. The summed E-state index contributed by atoms with van der Waals surface area (Å²) in [6.07, 6.45) is 1.73. The predicted octanol–water partition coefficient (Wildman–Crippen LogP) is 1.28. The van der Waals surface area contributed by atoms with Crippen LogP contribution in [0.1, 0.15) is 33.6 Å². The van der Waals surface area contributed by atoms with Crippen LogP contribution in [0.3, 0.4) is 0 Å². The van der Waals surface area contributed by atoms with Crippen LogP contribution in [-0.4, -0.2) is 18.7 Å². The maximum absolute atomic E-state index is 9.98. The average Bonchev–Trinajstić information content (AvgIpc) is 2.03. The van der Waals surface area contributed by atoms with Gasteiger partial charge in [-0.3, -0.25) is 10.1 Å². The molecule has 0 aliphatic rings. The Kier molecular flexibility index (Phi) is 5.84. The Morgan fingerprint density at radius 2 is 2.09 bits per heavy atom. The van der Waals surface area contributed by atoms with E-state index in [0.717, 1.165) is 12.8 Å². The van der Waals surface area contributed by atoms with E-state index in [1.165, 1.54) is 0 Å². The number of carbonyl (C=O) groups is 1.